The number of carbonyl (C=O) groups is 1. The van der Waals surface area contributed by atoms with E-state index in [0.717, 1.165) is 12.8 Å². The van der Waals surface area contributed by atoms with Gasteiger partial charge in [-0.2, -0.15) is 0 Å². The van der Waals surface area contributed by atoms with E-state index in [1.54, 1.807) is 12.1 Å². The minimum atomic E-state index is -0.300. The Morgan fingerprint density at radius 1 is 1.04 bits per heavy atom. The molecule has 23 heavy (non-hydrogen) atoms. The van der Waals surface area contributed by atoms with E-state index in [4.69, 9.17) is 0 Å². The van der Waals surface area contributed by atoms with Gasteiger partial charge in [-0.05, 0) is 37.1 Å². The van der Waals surface area contributed by atoms with Gasteiger partial charge in [0, 0.05) is 24.1 Å². The standard InChI is InChI=1S/C17H19FN4O/c18-13-6-8-15(9-7-13)22-17-19-10-12(11-20-17)16(23)21-14-4-2-1-3-5-14/h6-11,14H,1-5H2,(H,21,23)(H,19,20,22). The van der Waals surface area contributed by atoms with Crippen molar-refractivity contribution in [3.63, 3.8) is 0 Å². The summed E-state index contributed by atoms with van der Waals surface area (Å²) in [5.41, 5.74) is 1.13. The molecule has 1 saturated carbocycles. The highest BCUT2D eigenvalue weighted by Crippen LogP contribution is 2.18. The molecule has 2 N–H and O–H groups in total. The first kappa shape index (κ1) is 15.4. The smallest absolute Gasteiger partial charge is 0.254 e. The molecule has 0 saturated heterocycles. The summed E-state index contributed by atoms with van der Waals surface area (Å²) < 4.78 is 12.9. The molecule has 1 aromatic carbocycles. The van der Waals surface area contributed by atoms with Crippen molar-refractivity contribution < 1.29 is 9.18 Å². The zero-order valence-electron chi connectivity index (χ0n) is 12.8. The Morgan fingerprint density at radius 2 is 1.70 bits per heavy atom. The largest absolute Gasteiger partial charge is 0.349 e. The lowest BCUT2D eigenvalue weighted by Crippen LogP contribution is -2.36. The highest BCUT2D eigenvalue weighted by atomic mass is 19.1. The van der Waals surface area contributed by atoms with Crippen molar-refractivity contribution in [1.29, 1.82) is 0 Å². The number of anilines is 2. The Hall–Kier alpha value is -2.50. The summed E-state index contributed by atoms with van der Waals surface area (Å²) in [5.74, 6) is -0.0674. The van der Waals surface area contributed by atoms with E-state index in [9.17, 15) is 9.18 Å². The molecule has 1 aliphatic rings. The van der Waals surface area contributed by atoms with Gasteiger partial charge in [-0.3, -0.25) is 4.79 Å². The number of nitrogens with zero attached hydrogens (tertiary/aromatic N) is 2. The third kappa shape index (κ3) is 4.25. The molecular weight excluding hydrogens is 295 g/mol. The molecule has 2 aromatic rings. The first-order valence-electron chi connectivity index (χ1n) is 7.86. The number of hydrogen-bond donors (Lipinski definition) is 2. The lowest BCUT2D eigenvalue weighted by Gasteiger charge is -2.22. The van der Waals surface area contributed by atoms with Gasteiger partial charge in [0.15, 0.2) is 0 Å². The fourth-order valence-electron chi connectivity index (χ4n) is 2.69. The zero-order chi connectivity index (χ0) is 16.1. The molecule has 1 heterocycles. The maximum Gasteiger partial charge on any atom is 0.254 e. The molecule has 5 nitrogen and oxygen atoms in total. The van der Waals surface area contributed by atoms with Gasteiger partial charge >= 0.3 is 0 Å². The Morgan fingerprint density at radius 3 is 2.35 bits per heavy atom. The van der Waals surface area contributed by atoms with Crippen molar-refractivity contribution in [1.82, 2.24) is 15.3 Å². The Balaban J connectivity index is 1.59. The topological polar surface area (TPSA) is 66.9 Å². The van der Waals surface area contributed by atoms with Crippen molar-refractivity contribution in [2.45, 2.75) is 38.1 Å². The Labute approximate surface area is 134 Å². The molecule has 1 amide bonds. The number of benzene rings is 1. The van der Waals surface area contributed by atoms with Crippen LogP contribution in [0.4, 0.5) is 16.0 Å². The molecule has 0 bridgehead atoms. The SMILES string of the molecule is O=C(NC1CCCCC1)c1cnc(Nc2ccc(F)cc2)nc1. The molecule has 1 aliphatic carbocycles. The maximum absolute atomic E-state index is 12.9. The Bertz CT molecular complexity index is 651. The summed E-state index contributed by atoms with van der Waals surface area (Å²) in [7, 11) is 0. The third-order valence-electron chi connectivity index (χ3n) is 3.95. The lowest BCUT2D eigenvalue weighted by atomic mass is 9.95. The van der Waals surface area contributed by atoms with Crippen molar-refractivity contribution >= 4 is 17.5 Å². The van der Waals surface area contributed by atoms with Crippen LogP contribution in [-0.4, -0.2) is 21.9 Å². The summed E-state index contributed by atoms with van der Waals surface area (Å²) in [5, 5.41) is 5.99. The third-order valence-corrected chi connectivity index (χ3v) is 3.95. The number of rotatable bonds is 4. The predicted molar refractivity (Wildman–Crippen MR) is 86.1 cm³/mol. The van der Waals surface area contributed by atoms with Crippen LogP contribution in [0, 0.1) is 5.82 Å². The van der Waals surface area contributed by atoms with Crippen LogP contribution in [0.2, 0.25) is 0 Å². The van der Waals surface area contributed by atoms with Crippen LogP contribution < -0.4 is 10.6 Å². The average Bonchev–Trinajstić information content (AvgIpc) is 2.58. The number of nitrogens with one attached hydrogen (secondary N) is 2. The van der Waals surface area contributed by atoms with Crippen LogP contribution in [0.15, 0.2) is 36.7 Å². The van der Waals surface area contributed by atoms with E-state index in [2.05, 4.69) is 20.6 Å². The second-order valence-corrected chi connectivity index (χ2v) is 5.74. The number of carbonyl (C=O) groups excluding carboxylic acids is 1. The highest BCUT2D eigenvalue weighted by Gasteiger charge is 2.17. The van der Waals surface area contributed by atoms with Crippen LogP contribution >= 0.6 is 0 Å². The molecular formula is C17H19FN4O. The molecule has 0 aliphatic heterocycles. The lowest BCUT2D eigenvalue weighted by molar-refractivity contribution is 0.0927. The average molecular weight is 314 g/mol. The van der Waals surface area contributed by atoms with Crippen LogP contribution in [0.25, 0.3) is 0 Å². The number of amides is 1. The quantitative estimate of drug-likeness (QED) is 0.907. The normalized spacial score (nSPS) is 15.2. The first-order valence-corrected chi connectivity index (χ1v) is 7.86. The van der Waals surface area contributed by atoms with E-state index < -0.39 is 0 Å². The van der Waals surface area contributed by atoms with Gasteiger partial charge in [-0.15, -0.1) is 0 Å². The van der Waals surface area contributed by atoms with Crippen LogP contribution in [0.5, 0.6) is 0 Å². The molecule has 1 fully saturated rings. The van der Waals surface area contributed by atoms with Gasteiger partial charge in [-0.25, -0.2) is 14.4 Å². The maximum atomic E-state index is 12.9. The van der Waals surface area contributed by atoms with Crippen molar-refractivity contribution in [2.24, 2.45) is 0 Å². The van der Waals surface area contributed by atoms with Gasteiger partial charge in [0.05, 0.1) is 5.56 Å². The zero-order valence-corrected chi connectivity index (χ0v) is 12.8. The number of halogens is 1. The van der Waals surface area contributed by atoms with Crippen LogP contribution in [-0.2, 0) is 0 Å². The molecule has 0 atom stereocenters. The molecule has 120 valence electrons. The van der Waals surface area contributed by atoms with Gasteiger partial charge in [0.2, 0.25) is 5.95 Å². The minimum Gasteiger partial charge on any atom is -0.349 e. The summed E-state index contributed by atoms with van der Waals surface area (Å²) in [6.07, 6.45) is 8.66. The monoisotopic (exact) mass is 314 g/mol. The summed E-state index contributed by atoms with van der Waals surface area (Å²) in [6.45, 7) is 0. The van der Waals surface area contributed by atoms with E-state index in [0.29, 0.717) is 17.2 Å². The van der Waals surface area contributed by atoms with Crippen molar-refractivity contribution in [3.05, 3.63) is 48.0 Å². The first-order chi connectivity index (χ1) is 11.2. The molecule has 0 radical (unpaired) electrons. The second kappa shape index (κ2) is 7.17. The predicted octanol–water partition coefficient (Wildman–Crippen LogP) is 3.42. The molecule has 1 aromatic heterocycles. The van der Waals surface area contributed by atoms with Crippen LogP contribution in [0.3, 0.4) is 0 Å². The van der Waals surface area contributed by atoms with E-state index in [1.807, 2.05) is 0 Å². The summed E-state index contributed by atoms with van der Waals surface area (Å²) in [6, 6.07) is 6.17. The fourth-order valence-corrected chi connectivity index (χ4v) is 2.69. The Kier molecular flexibility index (Phi) is 4.80. The van der Waals surface area contributed by atoms with E-state index >= 15 is 0 Å². The number of hydrogen-bond acceptors (Lipinski definition) is 4. The van der Waals surface area contributed by atoms with Gasteiger partial charge in [-0.1, -0.05) is 19.3 Å². The summed E-state index contributed by atoms with van der Waals surface area (Å²) in [4.78, 5) is 20.4. The van der Waals surface area contributed by atoms with Gasteiger partial charge in [0.25, 0.3) is 5.91 Å². The molecule has 0 spiro atoms. The summed E-state index contributed by atoms with van der Waals surface area (Å²) >= 11 is 0. The van der Waals surface area contributed by atoms with E-state index in [1.165, 1.54) is 43.8 Å². The molecule has 0 unspecified atom stereocenters. The van der Waals surface area contributed by atoms with Gasteiger partial charge < -0.3 is 10.6 Å². The minimum absolute atomic E-state index is 0.134. The highest BCUT2D eigenvalue weighted by molar-refractivity contribution is 5.93. The molecule has 3 rings (SSSR count). The van der Waals surface area contributed by atoms with Crippen molar-refractivity contribution in [2.75, 3.05) is 5.32 Å². The van der Waals surface area contributed by atoms with Gasteiger partial charge in [0.1, 0.15) is 5.82 Å². The fraction of sp³-hybridized carbons (Fsp3) is 0.353. The molecule has 6 heteroatoms. The second-order valence-electron chi connectivity index (χ2n) is 5.74. The number of aromatic nitrogens is 2. The van der Waals surface area contributed by atoms with E-state index in [-0.39, 0.29) is 17.8 Å². The van der Waals surface area contributed by atoms with Crippen LogP contribution in [0.1, 0.15) is 42.5 Å². The van der Waals surface area contributed by atoms with Crippen molar-refractivity contribution in [3.8, 4) is 0 Å².